The van der Waals surface area contributed by atoms with Gasteiger partial charge in [0, 0.05) is 17.6 Å². The maximum atomic E-state index is 4.33. The molecule has 0 saturated heterocycles. The summed E-state index contributed by atoms with van der Waals surface area (Å²) < 4.78 is 2.13. The van der Waals surface area contributed by atoms with Crippen molar-refractivity contribution in [1.82, 2.24) is 4.57 Å². The molecule has 0 unspecified atom stereocenters. The SMILES string of the molecule is CCc1sc(=NN=C(C)C)n(C)c1-c1ccccc1. The van der Waals surface area contributed by atoms with Gasteiger partial charge in [-0.25, -0.2) is 0 Å². The van der Waals surface area contributed by atoms with Gasteiger partial charge in [-0.05, 0) is 25.8 Å². The molecule has 2 aromatic rings. The molecule has 0 atom stereocenters. The number of aromatic nitrogens is 1. The molecule has 3 nitrogen and oxygen atoms in total. The summed E-state index contributed by atoms with van der Waals surface area (Å²) in [4.78, 5) is 2.29. The summed E-state index contributed by atoms with van der Waals surface area (Å²) in [5.41, 5.74) is 3.44. The molecule has 1 heterocycles. The first-order valence-corrected chi connectivity index (χ1v) is 7.24. The van der Waals surface area contributed by atoms with E-state index in [4.69, 9.17) is 0 Å². The zero-order chi connectivity index (χ0) is 13.8. The molecule has 0 aliphatic carbocycles. The lowest BCUT2D eigenvalue weighted by molar-refractivity contribution is 0.857. The van der Waals surface area contributed by atoms with Crippen LogP contribution in [0.2, 0.25) is 0 Å². The molecule has 0 radical (unpaired) electrons. The summed E-state index contributed by atoms with van der Waals surface area (Å²) in [6.45, 7) is 6.09. The second-order valence-electron chi connectivity index (χ2n) is 4.58. The van der Waals surface area contributed by atoms with Crippen LogP contribution in [0.25, 0.3) is 11.3 Å². The Morgan fingerprint density at radius 3 is 2.47 bits per heavy atom. The zero-order valence-electron chi connectivity index (χ0n) is 11.8. The van der Waals surface area contributed by atoms with Gasteiger partial charge < -0.3 is 4.57 Å². The van der Waals surface area contributed by atoms with Gasteiger partial charge in [0.05, 0.1) is 5.69 Å². The van der Waals surface area contributed by atoms with E-state index in [1.165, 1.54) is 16.1 Å². The van der Waals surface area contributed by atoms with Crippen molar-refractivity contribution in [2.75, 3.05) is 0 Å². The number of hydrogen-bond acceptors (Lipinski definition) is 3. The van der Waals surface area contributed by atoms with Crippen LogP contribution in [0.4, 0.5) is 0 Å². The summed E-state index contributed by atoms with van der Waals surface area (Å²) in [6, 6.07) is 10.4. The summed E-state index contributed by atoms with van der Waals surface area (Å²) in [5, 5.41) is 8.50. The van der Waals surface area contributed by atoms with Crippen LogP contribution in [0.5, 0.6) is 0 Å². The Morgan fingerprint density at radius 2 is 1.89 bits per heavy atom. The Balaban J connectivity index is 2.62. The van der Waals surface area contributed by atoms with Crippen molar-refractivity contribution in [3.05, 3.63) is 40.0 Å². The fraction of sp³-hybridized carbons (Fsp3) is 0.333. The highest BCUT2D eigenvalue weighted by Gasteiger charge is 2.11. The number of benzene rings is 1. The third-order valence-corrected chi connectivity index (χ3v) is 4.07. The summed E-state index contributed by atoms with van der Waals surface area (Å²) in [7, 11) is 2.05. The van der Waals surface area contributed by atoms with Crippen LogP contribution >= 0.6 is 11.3 Å². The first kappa shape index (κ1) is 13.7. The highest BCUT2D eigenvalue weighted by Crippen LogP contribution is 2.25. The third-order valence-electron chi connectivity index (χ3n) is 2.80. The lowest BCUT2D eigenvalue weighted by Crippen LogP contribution is -2.11. The van der Waals surface area contributed by atoms with Gasteiger partial charge in [0.15, 0.2) is 0 Å². The summed E-state index contributed by atoms with van der Waals surface area (Å²) >= 11 is 1.71. The van der Waals surface area contributed by atoms with E-state index in [9.17, 15) is 0 Å². The van der Waals surface area contributed by atoms with Gasteiger partial charge in [-0.1, -0.05) is 48.6 Å². The Bertz CT molecular complexity index is 644. The molecule has 0 aliphatic rings. The number of hydrogen-bond donors (Lipinski definition) is 0. The lowest BCUT2D eigenvalue weighted by Gasteiger charge is -2.05. The second-order valence-corrected chi connectivity index (χ2v) is 5.64. The number of nitrogens with zero attached hydrogens (tertiary/aromatic N) is 3. The molecule has 0 saturated carbocycles. The maximum absolute atomic E-state index is 4.33. The molecule has 0 fully saturated rings. The Kier molecular flexibility index (Phi) is 4.32. The number of thiazole rings is 1. The molecule has 0 amide bonds. The van der Waals surface area contributed by atoms with E-state index in [1.54, 1.807) is 11.3 Å². The van der Waals surface area contributed by atoms with E-state index in [-0.39, 0.29) is 0 Å². The Labute approximate surface area is 118 Å². The fourth-order valence-corrected chi connectivity index (χ4v) is 2.96. The predicted molar refractivity (Wildman–Crippen MR) is 82.5 cm³/mol. The van der Waals surface area contributed by atoms with Gasteiger partial charge in [0.1, 0.15) is 0 Å². The Morgan fingerprint density at radius 1 is 1.21 bits per heavy atom. The lowest BCUT2D eigenvalue weighted by atomic mass is 10.1. The van der Waals surface area contributed by atoms with Crippen LogP contribution in [0, 0.1) is 0 Å². The predicted octanol–water partition coefficient (Wildman–Crippen LogP) is 3.61. The minimum absolute atomic E-state index is 0.942. The van der Waals surface area contributed by atoms with Crippen LogP contribution < -0.4 is 4.80 Å². The van der Waals surface area contributed by atoms with Gasteiger partial charge in [-0.2, -0.15) is 5.10 Å². The topological polar surface area (TPSA) is 29.6 Å². The van der Waals surface area contributed by atoms with Crippen LogP contribution in [0.3, 0.4) is 0 Å². The van der Waals surface area contributed by atoms with Crippen molar-refractivity contribution in [3.63, 3.8) is 0 Å². The largest absolute Gasteiger partial charge is 0.318 e. The molecule has 0 N–H and O–H groups in total. The van der Waals surface area contributed by atoms with Crippen LogP contribution in [-0.4, -0.2) is 10.3 Å². The molecular formula is C15H19N3S. The van der Waals surface area contributed by atoms with Gasteiger partial charge >= 0.3 is 0 Å². The smallest absolute Gasteiger partial charge is 0.211 e. The molecular weight excluding hydrogens is 254 g/mol. The standard InChI is InChI=1S/C15H19N3S/c1-5-13-14(12-9-7-6-8-10-12)18(4)15(19-13)17-16-11(2)3/h6-10H,5H2,1-4H3. The minimum Gasteiger partial charge on any atom is -0.318 e. The van der Waals surface area contributed by atoms with Crippen LogP contribution in [-0.2, 0) is 13.5 Å². The molecule has 4 heteroatoms. The normalized spacial score (nSPS) is 11.7. The average molecular weight is 273 g/mol. The van der Waals surface area contributed by atoms with Gasteiger partial charge in [-0.3, -0.25) is 0 Å². The highest BCUT2D eigenvalue weighted by molar-refractivity contribution is 7.09. The molecule has 0 spiro atoms. The van der Waals surface area contributed by atoms with E-state index < -0.39 is 0 Å². The third kappa shape index (κ3) is 3.01. The Hall–Kier alpha value is -1.68. The van der Waals surface area contributed by atoms with Crippen molar-refractivity contribution in [2.24, 2.45) is 17.3 Å². The van der Waals surface area contributed by atoms with Crippen molar-refractivity contribution >= 4 is 17.0 Å². The number of rotatable bonds is 3. The van der Waals surface area contributed by atoms with Crippen molar-refractivity contribution < 1.29 is 0 Å². The highest BCUT2D eigenvalue weighted by atomic mass is 32.1. The van der Waals surface area contributed by atoms with E-state index >= 15 is 0 Å². The van der Waals surface area contributed by atoms with Crippen LogP contribution in [0.1, 0.15) is 25.6 Å². The van der Waals surface area contributed by atoms with Gasteiger partial charge in [0.25, 0.3) is 0 Å². The van der Waals surface area contributed by atoms with Crippen molar-refractivity contribution in [1.29, 1.82) is 0 Å². The fourth-order valence-electron chi connectivity index (χ4n) is 1.93. The minimum atomic E-state index is 0.942. The first-order valence-electron chi connectivity index (χ1n) is 6.42. The van der Waals surface area contributed by atoms with Crippen molar-refractivity contribution in [2.45, 2.75) is 27.2 Å². The van der Waals surface area contributed by atoms with E-state index in [2.05, 4.69) is 53.0 Å². The molecule has 0 aliphatic heterocycles. The van der Waals surface area contributed by atoms with E-state index in [0.29, 0.717) is 0 Å². The summed E-state index contributed by atoms with van der Waals surface area (Å²) in [6.07, 6.45) is 1.01. The quantitative estimate of drug-likeness (QED) is 0.604. The van der Waals surface area contributed by atoms with Gasteiger partial charge in [-0.15, -0.1) is 5.10 Å². The summed E-state index contributed by atoms with van der Waals surface area (Å²) in [5.74, 6) is 0. The molecule has 1 aromatic carbocycles. The molecule has 0 bridgehead atoms. The van der Waals surface area contributed by atoms with Crippen molar-refractivity contribution in [3.8, 4) is 11.3 Å². The monoisotopic (exact) mass is 273 g/mol. The second kappa shape index (κ2) is 5.97. The van der Waals surface area contributed by atoms with E-state index in [1.807, 2.05) is 19.9 Å². The molecule has 2 rings (SSSR count). The first-order chi connectivity index (χ1) is 9.13. The van der Waals surface area contributed by atoms with Crippen LogP contribution in [0.15, 0.2) is 40.5 Å². The maximum Gasteiger partial charge on any atom is 0.211 e. The molecule has 1 aromatic heterocycles. The average Bonchev–Trinajstić information content (AvgIpc) is 2.74. The molecule has 100 valence electrons. The van der Waals surface area contributed by atoms with Gasteiger partial charge in [0.2, 0.25) is 4.80 Å². The van der Waals surface area contributed by atoms with E-state index in [0.717, 1.165) is 16.9 Å². The number of aryl methyl sites for hydroxylation is 1. The molecule has 19 heavy (non-hydrogen) atoms. The zero-order valence-corrected chi connectivity index (χ0v) is 12.7.